The number of rotatable bonds is 5. The maximum atomic E-state index is 12.4. The fourth-order valence-electron chi connectivity index (χ4n) is 1.64. The van der Waals surface area contributed by atoms with Crippen molar-refractivity contribution < 1.29 is 17.7 Å². The average molecular weight is 476 g/mol. The summed E-state index contributed by atoms with van der Waals surface area (Å²) in [6, 6.07) is 0. The lowest BCUT2D eigenvalue weighted by Gasteiger charge is -2.09. The van der Waals surface area contributed by atoms with Crippen molar-refractivity contribution in [1.82, 2.24) is 25.8 Å². The maximum absolute atomic E-state index is 12.4. The molecule has 2 rings (SSSR count). The topological polar surface area (TPSA) is 88.2 Å². The van der Waals surface area contributed by atoms with Crippen molar-refractivity contribution in [3.8, 4) is 0 Å². The van der Waals surface area contributed by atoms with E-state index >= 15 is 0 Å². The molecule has 0 aromatic carbocycles. The number of aromatic nitrogens is 3. The van der Waals surface area contributed by atoms with E-state index in [1.54, 1.807) is 14.0 Å². The quantitative estimate of drug-likeness (QED) is 0.392. The van der Waals surface area contributed by atoms with Crippen LogP contribution in [-0.2, 0) is 19.1 Å². The zero-order chi connectivity index (χ0) is 16.9. The summed E-state index contributed by atoms with van der Waals surface area (Å²) in [5.74, 6) is 1.43. The molecule has 0 amide bonds. The molecule has 2 N–H and O–H groups in total. The predicted octanol–water partition coefficient (Wildman–Crippen LogP) is 2.38. The van der Waals surface area contributed by atoms with E-state index in [0.717, 1.165) is 16.7 Å². The van der Waals surface area contributed by atoms with Gasteiger partial charge in [0.1, 0.15) is 0 Å². The van der Waals surface area contributed by atoms with E-state index in [9.17, 15) is 13.2 Å². The van der Waals surface area contributed by atoms with E-state index < -0.39 is 11.9 Å². The van der Waals surface area contributed by atoms with E-state index in [1.807, 2.05) is 0 Å². The Hall–Kier alpha value is -1.44. The van der Waals surface area contributed by atoms with Crippen LogP contribution < -0.4 is 10.6 Å². The van der Waals surface area contributed by atoms with Gasteiger partial charge in [-0.1, -0.05) is 5.16 Å². The number of alkyl halides is 3. The summed E-state index contributed by atoms with van der Waals surface area (Å²) in [5, 5.41) is 11.0. The molecule has 0 aliphatic carbocycles. The molecular weight excluding hydrogens is 460 g/mol. The second-order valence-electron chi connectivity index (χ2n) is 4.46. The Morgan fingerprint density at radius 2 is 2.08 bits per heavy atom. The van der Waals surface area contributed by atoms with Crippen LogP contribution in [0.25, 0.3) is 0 Å². The smallest absolute Gasteiger partial charge is 0.356 e. The Balaban J connectivity index is 0.00000288. The summed E-state index contributed by atoms with van der Waals surface area (Å²) < 4.78 is 42.3. The molecular formula is C12H16F3IN6OS. The van der Waals surface area contributed by atoms with Crippen LogP contribution in [0, 0.1) is 6.92 Å². The molecule has 2 heterocycles. The third-order valence-corrected chi connectivity index (χ3v) is 3.58. The summed E-state index contributed by atoms with van der Waals surface area (Å²) >= 11 is 0.984. The van der Waals surface area contributed by atoms with Crippen molar-refractivity contribution in [3.05, 3.63) is 27.8 Å². The predicted molar refractivity (Wildman–Crippen MR) is 93.5 cm³/mol. The first-order valence-electron chi connectivity index (χ1n) is 6.64. The molecule has 134 valence electrons. The van der Waals surface area contributed by atoms with Crippen molar-refractivity contribution >= 4 is 41.3 Å². The highest BCUT2D eigenvalue weighted by atomic mass is 127. The van der Waals surface area contributed by atoms with Crippen LogP contribution in [0.1, 0.15) is 22.4 Å². The second-order valence-corrected chi connectivity index (χ2v) is 5.40. The van der Waals surface area contributed by atoms with E-state index in [4.69, 9.17) is 4.52 Å². The largest absolute Gasteiger partial charge is 0.434 e. The van der Waals surface area contributed by atoms with Crippen LogP contribution in [0.15, 0.2) is 14.9 Å². The molecule has 0 aliphatic rings. The van der Waals surface area contributed by atoms with Crippen LogP contribution >= 0.6 is 35.3 Å². The monoisotopic (exact) mass is 476 g/mol. The zero-order valence-corrected chi connectivity index (χ0v) is 16.0. The van der Waals surface area contributed by atoms with Gasteiger partial charge in [-0.25, -0.2) is 4.98 Å². The standard InChI is InChI=1S/C12H15F3N6OS.HI/c1-7-19-9(22-21-7)5-18-11(16-2)17-4-3-10-20-8(6-23-10)12(13,14)15;/h6H,3-5H2,1-2H3,(H2,16,17,18);1H. The lowest BCUT2D eigenvalue weighted by molar-refractivity contribution is -0.140. The molecule has 0 unspecified atom stereocenters. The first kappa shape index (κ1) is 20.6. The van der Waals surface area contributed by atoms with E-state index in [1.165, 1.54) is 0 Å². The fraction of sp³-hybridized carbons (Fsp3) is 0.500. The number of nitrogens with zero attached hydrogens (tertiary/aromatic N) is 4. The third kappa shape index (κ3) is 6.22. The molecule has 12 heteroatoms. The molecule has 0 aliphatic heterocycles. The van der Waals surface area contributed by atoms with Crippen LogP contribution in [0.4, 0.5) is 13.2 Å². The van der Waals surface area contributed by atoms with Crippen LogP contribution in [-0.4, -0.2) is 34.7 Å². The van der Waals surface area contributed by atoms with Crippen LogP contribution in [0.5, 0.6) is 0 Å². The van der Waals surface area contributed by atoms with Gasteiger partial charge in [-0.05, 0) is 6.92 Å². The first-order chi connectivity index (χ1) is 10.9. The van der Waals surface area contributed by atoms with Crippen LogP contribution in [0.3, 0.4) is 0 Å². The first-order valence-corrected chi connectivity index (χ1v) is 7.51. The summed E-state index contributed by atoms with van der Waals surface area (Å²) in [6.45, 7) is 2.41. The molecule has 7 nitrogen and oxygen atoms in total. The van der Waals surface area contributed by atoms with E-state index in [-0.39, 0.29) is 24.0 Å². The fourth-order valence-corrected chi connectivity index (χ4v) is 2.44. The number of halogens is 4. The average Bonchev–Trinajstić information content (AvgIpc) is 3.11. The van der Waals surface area contributed by atoms with Gasteiger partial charge in [0.15, 0.2) is 17.5 Å². The van der Waals surface area contributed by atoms with Crippen molar-refractivity contribution in [1.29, 1.82) is 0 Å². The number of aryl methyl sites for hydroxylation is 1. The lowest BCUT2D eigenvalue weighted by Crippen LogP contribution is -2.37. The summed E-state index contributed by atoms with van der Waals surface area (Å²) in [5.41, 5.74) is -0.855. The van der Waals surface area contributed by atoms with Crippen molar-refractivity contribution in [3.63, 3.8) is 0 Å². The number of hydrogen-bond acceptors (Lipinski definition) is 6. The van der Waals surface area contributed by atoms with Gasteiger partial charge in [0, 0.05) is 25.4 Å². The highest BCUT2D eigenvalue weighted by Gasteiger charge is 2.33. The number of thiazole rings is 1. The van der Waals surface area contributed by atoms with Gasteiger partial charge in [0.2, 0.25) is 5.89 Å². The Morgan fingerprint density at radius 3 is 2.62 bits per heavy atom. The second kappa shape index (κ2) is 9.15. The summed E-state index contributed by atoms with van der Waals surface area (Å²) in [4.78, 5) is 11.6. The number of hydrogen-bond donors (Lipinski definition) is 2. The zero-order valence-electron chi connectivity index (χ0n) is 12.8. The van der Waals surface area contributed by atoms with Crippen LogP contribution in [0.2, 0.25) is 0 Å². The third-order valence-electron chi connectivity index (χ3n) is 2.67. The number of guanidine groups is 1. The maximum Gasteiger partial charge on any atom is 0.434 e. The molecule has 2 aromatic heterocycles. The van der Waals surface area contributed by atoms with Crippen molar-refractivity contribution in [2.75, 3.05) is 13.6 Å². The van der Waals surface area contributed by atoms with Crippen molar-refractivity contribution in [2.24, 2.45) is 4.99 Å². The molecule has 0 saturated carbocycles. The minimum atomic E-state index is -4.40. The summed E-state index contributed by atoms with van der Waals surface area (Å²) in [6.07, 6.45) is -4.04. The van der Waals surface area contributed by atoms with Gasteiger partial charge in [-0.3, -0.25) is 4.99 Å². The van der Waals surface area contributed by atoms with Gasteiger partial charge < -0.3 is 15.2 Å². The lowest BCUT2D eigenvalue weighted by atomic mass is 10.4. The Kier molecular flexibility index (Phi) is 7.86. The number of aliphatic imine (C=N–C) groups is 1. The van der Waals surface area contributed by atoms with Gasteiger partial charge in [-0.15, -0.1) is 35.3 Å². The Morgan fingerprint density at radius 1 is 1.33 bits per heavy atom. The summed E-state index contributed by atoms with van der Waals surface area (Å²) in [7, 11) is 1.58. The molecule has 2 aromatic rings. The highest BCUT2D eigenvalue weighted by molar-refractivity contribution is 14.0. The minimum Gasteiger partial charge on any atom is -0.356 e. The Labute approximate surface area is 157 Å². The van der Waals surface area contributed by atoms with Gasteiger partial charge in [-0.2, -0.15) is 18.2 Å². The minimum absolute atomic E-state index is 0. The Bertz CT molecular complexity index is 672. The molecule has 0 spiro atoms. The molecule has 0 bridgehead atoms. The molecule has 0 radical (unpaired) electrons. The van der Waals surface area contributed by atoms with Gasteiger partial charge >= 0.3 is 6.18 Å². The molecule has 0 saturated heterocycles. The molecule has 0 atom stereocenters. The normalized spacial score (nSPS) is 12.0. The number of nitrogens with one attached hydrogen (secondary N) is 2. The molecule has 24 heavy (non-hydrogen) atoms. The van der Waals surface area contributed by atoms with E-state index in [0.29, 0.717) is 42.2 Å². The highest BCUT2D eigenvalue weighted by Crippen LogP contribution is 2.29. The SMILES string of the molecule is CN=C(NCCc1nc(C(F)(F)F)cs1)NCc1nc(C)no1.I. The van der Waals surface area contributed by atoms with Gasteiger partial charge in [0.25, 0.3) is 0 Å². The van der Waals surface area contributed by atoms with Crippen molar-refractivity contribution in [2.45, 2.75) is 26.1 Å². The molecule has 0 fully saturated rings. The van der Waals surface area contributed by atoms with E-state index in [2.05, 4.69) is 30.8 Å². The van der Waals surface area contributed by atoms with Gasteiger partial charge in [0.05, 0.1) is 11.6 Å².